The van der Waals surface area contributed by atoms with Crippen molar-refractivity contribution in [2.45, 2.75) is 37.1 Å². The predicted octanol–water partition coefficient (Wildman–Crippen LogP) is 2.02. The van der Waals surface area contributed by atoms with Crippen LogP contribution in [0, 0.1) is 0 Å². The number of carboxylic acid groups (broad SMARTS) is 1. The Balaban J connectivity index is 2.48. The Morgan fingerprint density at radius 3 is 2.60 bits per heavy atom. The molecule has 2 rings (SSSR count). The smallest absolute Gasteiger partial charge is 0.335 e. The van der Waals surface area contributed by atoms with E-state index in [-0.39, 0.29) is 40.0 Å². The van der Waals surface area contributed by atoms with Gasteiger partial charge in [0.05, 0.1) is 22.1 Å². The van der Waals surface area contributed by atoms with Crippen LogP contribution in [0.5, 0.6) is 0 Å². The first kappa shape index (κ1) is 20.2. The van der Waals surface area contributed by atoms with Crippen LogP contribution in [-0.4, -0.2) is 56.3 Å². The maximum atomic E-state index is 13.1. The third-order valence-corrected chi connectivity index (χ3v) is 8.30. The molecule has 0 amide bonds. The third-order valence-electron chi connectivity index (χ3n) is 4.11. The van der Waals surface area contributed by atoms with E-state index in [1.807, 2.05) is 6.92 Å². The molecular formula is C15H20ClNO6S2. The van der Waals surface area contributed by atoms with Gasteiger partial charge in [0.1, 0.15) is 4.90 Å². The Kier molecular flexibility index (Phi) is 6.13. The molecule has 1 atom stereocenters. The van der Waals surface area contributed by atoms with Crippen LogP contribution in [0.2, 0.25) is 5.02 Å². The van der Waals surface area contributed by atoms with E-state index in [1.54, 1.807) is 0 Å². The monoisotopic (exact) mass is 409 g/mol. The van der Waals surface area contributed by atoms with Gasteiger partial charge in [0.25, 0.3) is 0 Å². The molecule has 0 aromatic heterocycles. The molecule has 1 fully saturated rings. The van der Waals surface area contributed by atoms with Crippen molar-refractivity contribution in [2.24, 2.45) is 0 Å². The lowest BCUT2D eigenvalue weighted by atomic mass is 10.2. The molecule has 10 heteroatoms. The van der Waals surface area contributed by atoms with E-state index in [0.29, 0.717) is 6.42 Å². The molecule has 0 radical (unpaired) electrons. The maximum Gasteiger partial charge on any atom is 0.335 e. The van der Waals surface area contributed by atoms with Crippen LogP contribution in [0.3, 0.4) is 0 Å². The molecule has 1 aromatic carbocycles. The minimum atomic E-state index is -4.12. The highest BCUT2D eigenvalue weighted by molar-refractivity contribution is 7.92. The van der Waals surface area contributed by atoms with E-state index in [4.69, 9.17) is 16.7 Å². The Morgan fingerprint density at radius 2 is 2.08 bits per heavy atom. The van der Waals surface area contributed by atoms with Crippen molar-refractivity contribution in [2.75, 3.05) is 18.1 Å². The maximum absolute atomic E-state index is 13.1. The average molecular weight is 410 g/mol. The number of aromatic carboxylic acids is 1. The summed E-state index contributed by atoms with van der Waals surface area (Å²) in [6, 6.07) is 2.80. The predicted molar refractivity (Wildman–Crippen MR) is 94.3 cm³/mol. The molecule has 1 saturated heterocycles. The first-order chi connectivity index (χ1) is 11.6. The van der Waals surface area contributed by atoms with Crippen molar-refractivity contribution < 1.29 is 26.7 Å². The number of carbonyl (C=O) groups is 1. The Morgan fingerprint density at radius 1 is 1.40 bits per heavy atom. The van der Waals surface area contributed by atoms with E-state index in [2.05, 4.69) is 0 Å². The fraction of sp³-hybridized carbons (Fsp3) is 0.533. The highest BCUT2D eigenvalue weighted by Gasteiger charge is 2.39. The molecule has 0 aliphatic carbocycles. The summed E-state index contributed by atoms with van der Waals surface area (Å²) < 4.78 is 50.9. The molecule has 25 heavy (non-hydrogen) atoms. The van der Waals surface area contributed by atoms with Gasteiger partial charge in [-0.3, -0.25) is 0 Å². The quantitative estimate of drug-likeness (QED) is 0.737. The summed E-state index contributed by atoms with van der Waals surface area (Å²) in [5.74, 6) is -1.55. The van der Waals surface area contributed by atoms with Crippen LogP contribution in [0.15, 0.2) is 23.1 Å². The van der Waals surface area contributed by atoms with E-state index in [0.717, 1.165) is 16.8 Å². The molecule has 0 bridgehead atoms. The first-order valence-electron chi connectivity index (χ1n) is 7.83. The highest BCUT2D eigenvalue weighted by atomic mass is 35.5. The van der Waals surface area contributed by atoms with Gasteiger partial charge in [-0.15, -0.1) is 0 Å². The van der Waals surface area contributed by atoms with Crippen molar-refractivity contribution in [3.05, 3.63) is 28.8 Å². The van der Waals surface area contributed by atoms with Gasteiger partial charge in [-0.25, -0.2) is 21.6 Å². The van der Waals surface area contributed by atoms with E-state index in [9.17, 15) is 21.6 Å². The number of unbranched alkanes of at least 4 members (excludes halogenated alkanes) is 1. The number of halogens is 1. The number of hydrogen-bond acceptors (Lipinski definition) is 5. The molecule has 1 aliphatic rings. The Bertz CT molecular complexity index is 866. The molecule has 0 spiro atoms. The van der Waals surface area contributed by atoms with Crippen LogP contribution in [0.4, 0.5) is 0 Å². The van der Waals surface area contributed by atoms with Gasteiger partial charge in [-0.05, 0) is 31.0 Å². The van der Waals surface area contributed by atoms with Crippen molar-refractivity contribution in [1.82, 2.24) is 4.31 Å². The summed E-state index contributed by atoms with van der Waals surface area (Å²) in [6.45, 7) is 2.06. The van der Waals surface area contributed by atoms with Crippen molar-refractivity contribution in [1.29, 1.82) is 0 Å². The largest absolute Gasteiger partial charge is 0.478 e. The molecular weight excluding hydrogens is 390 g/mol. The summed E-state index contributed by atoms with van der Waals surface area (Å²) in [6.07, 6.45) is 1.52. The van der Waals surface area contributed by atoms with Crippen LogP contribution in [0.1, 0.15) is 36.5 Å². The lowest BCUT2D eigenvalue weighted by Crippen LogP contribution is -2.41. The SMILES string of the molecule is CCCCN([C@H]1CCS(=O)(=O)C1)S(=O)(=O)c1cc(C(=O)O)ccc1Cl. The highest BCUT2D eigenvalue weighted by Crippen LogP contribution is 2.30. The van der Waals surface area contributed by atoms with Gasteiger partial charge in [0.2, 0.25) is 10.0 Å². The normalized spacial score (nSPS) is 20.0. The Labute approximate surface area is 152 Å². The number of rotatable bonds is 7. The zero-order chi connectivity index (χ0) is 18.8. The molecule has 1 aliphatic heterocycles. The van der Waals surface area contributed by atoms with Crippen molar-refractivity contribution in [3.63, 3.8) is 0 Å². The topological polar surface area (TPSA) is 109 Å². The zero-order valence-electron chi connectivity index (χ0n) is 13.7. The van der Waals surface area contributed by atoms with Gasteiger partial charge in [-0.2, -0.15) is 4.31 Å². The van der Waals surface area contributed by atoms with E-state index in [1.165, 1.54) is 12.1 Å². The second-order valence-electron chi connectivity index (χ2n) is 5.98. The molecule has 0 unspecified atom stereocenters. The number of hydrogen-bond donors (Lipinski definition) is 1. The minimum absolute atomic E-state index is 0.0568. The fourth-order valence-corrected chi connectivity index (χ4v) is 6.80. The van der Waals surface area contributed by atoms with Gasteiger partial charge < -0.3 is 5.11 Å². The van der Waals surface area contributed by atoms with Crippen LogP contribution in [-0.2, 0) is 19.9 Å². The average Bonchev–Trinajstić information content (AvgIpc) is 2.87. The van der Waals surface area contributed by atoms with Gasteiger partial charge >= 0.3 is 5.97 Å². The second kappa shape index (κ2) is 7.61. The number of sulfone groups is 1. The summed E-state index contributed by atoms with van der Waals surface area (Å²) in [5.41, 5.74) is -0.197. The van der Waals surface area contributed by atoms with Crippen LogP contribution >= 0.6 is 11.6 Å². The Hall–Kier alpha value is -1.16. The number of benzene rings is 1. The fourth-order valence-electron chi connectivity index (χ4n) is 2.78. The van der Waals surface area contributed by atoms with Gasteiger partial charge in [0, 0.05) is 12.6 Å². The van der Waals surface area contributed by atoms with Crippen molar-refractivity contribution in [3.8, 4) is 0 Å². The summed E-state index contributed by atoms with van der Waals surface area (Å²) in [4.78, 5) is 10.8. The first-order valence-corrected chi connectivity index (χ1v) is 11.5. The number of sulfonamides is 1. The summed E-state index contributed by atoms with van der Waals surface area (Å²) in [7, 11) is -7.39. The zero-order valence-corrected chi connectivity index (χ0v) is 16.1. The molecule has 7 nitrogen and oxygen atoms in total. The van der Waals surface area contributed by atoms with Crippen molar-refractivity contribution >= 4 is 37.4 Å². The molecule has 1 heterocycles. The minimum Gasteiger partial charge on any atom is -0.478 e. The second-order valence-corrected chi connectivity index (χ2v) is 10.5. The molecule has 1 aromatic rings. The summed E-state index contributed by atoms with van der Waals surface area (Å²) >= 11 is 6.01. The standard InChI is InChI=1S/C15H20ClNO6S2/c1-2-3-7-17(12-6-8-24(20,21)10-12)25(22,23)14-9-11(15(18)19)4-5-13(14)16/h4-5,9,12H,2-3,6-8,10H2,1H3,(H,18,19)/t12-/m0/s1. The molecule has 140 valence electrons. The van der Waals surface area contributed by atoms with Crippen LogP contribution in [0.25, 0.3) is 0 Å². The number of nitrogens with zero attached hydrogens (tertiary/aromatic N) is 1. The van der Waals surface area contributed by atoms with E-state index >= 15 is 0 Å². The lowest BCUT2D eigenvalue weighted by Gasteiger charge is -2.27. The molecule has 0 saturated carbocycles. The van der Waals surface area contributed by atoms with E-state index < -0.39 is 31.9 Å². The van der Waals surface area contributed by atoms with Gasteiger partial charge in [0.15, 0.2) is 9.84 Å². The molecule has 1 N–H and O–H groups in total. The lowest BCUT2D eigenvalue weighted by molar-refractivity contribution is 0.0696. The number of carboxylic acids is 1. The van der Waals surface area contributed by atoms with Crippen LogP contribution < -0.4 is 0 Å². The summed E-state index contributed by atoms with van der Waals surface area (Å²) in [5, 5.41) is 9.00. The third kappa shape index (κ3) is 4.52. The van der Waals surface area contributed by atoms with Gasteiger partial charge in [-0.1, -0.05) is 24.9 Å².